The Morgan fingerprint density at radius 1 is 1.03 bits per heavy atom. The van der Waals surface area contributed by atoms with Gasteiger partial charge in [0.25, 0.3) is 11.6 Å². The Kier molecular flexibility index (Phi) is 5.17. The molecule has 7 nitrogen and oxygen atoms in total. The molecule has 0 bridgehead atoms. The summed E-state index contributed by atoms with van der Waals surface area (Å²) in [5.41, 5.74) is 2.78. The molecule has 150 valence electrons. The summed E-state index contributed by atoms with van der Waals surface area (Å²) >= 11 is 0. The molecule has 1 N–H and O–H groups in total. The molecular weight excluding hydrogens is 382 g/mol. The molecule has 1 heterocycles. The first-order valence-electron chi connectivity index (χ1n) is 9.33. The fraction of sp³-hybridized carbons (Fsp3) is 0.0870. The molecule has 3 aromatic carbocycles. The van der Waals surface area contributed by atoms with Gasteiger partial charge < -0.3 is 10.1 Å². The summed E-state index contributed by atoms with van der Waals surface area (Å²) in [5, 5.41) is 14.2. The highest BCUT2D eigenvalue weighted by Gasteiger charge is 2.33. The van der Waals surface area contributed by atoms with Crippen LogP contribution < -0.4 is 15.0 Å². The van der Waals surface area contributed by atoms with E-state index in [0.717, 1.165) is 11.3 Å². The van der Waals surface area contributed by atoms with E-state index in [9.17, 15) is 14.9 Å². The van der Waals surface area contributed by atoms with Crippen LogP contribution in [0.4, 0.5) is 17.1 Å². The second-order valence-electron chi connectivity index (χ2n) is 6.69. The van der Waals surface area contributed by atoms with Crippen molar-refractivity contribution in [2.75, 3.05) is 17.3 Å². The Morgan fingerprint density at radius 2 is 1.73 bits per heavy atom. The van der Waals surface area contributed by atoms with Crippen LogP contribution in [0.2, 0.25) is 0 Å². The van der Waals surface area contributed by atoms with Crippen molar-refractivity contribution in [3.05, 3.63) is 100 Å². The number of nitro benzene ring substituents is 1. The second-order valence-corrected chi connectivity index (χ2v) is 6.69. The van der Waals surface area contributed by atoms with Crippen LogP contribution in [0.3, 0.4) is 0 Å². The van der Waals surface area contributed by atoms with Crippen LogP contribution in [-0.4, -0.2) is 24.1 Å². The Labute approximate surface area is 173 Å². The molecule has 0 saturated carbocycles. The molecule has 1 unspecified atom stereocenters. The third kappa shape index (κ3) is 3.60. The molecule has 1 atom stereocenters. The topological polar surface area (TPSA) is 84.7 Å². The SMILES string of the molecule is COc1ccccc1N1C(=O)c2ccccc2NC1/C=C/c1ccc([N+](=O)[O-])cc1. The van der Waals surface area contributed by atoms with Crippen molar-refractivity contribution in [1.29, 1.82) is 0 Å². The number of ether oxygens (including phenoxy) is 1. The first-order chi connectivity index (χ1) is 14.6. The lowest BCUT2D eigenvalue weighted by molar-refractivity contribution is -0.384. The number of nitrogens with zero attached hydrogens (tertiary/aromatic N) is 2. The molecule has 0 radical (unpaired) electrons. The van der Waals surface area contributed by atoms with Crippen molar-refractivity contribution in [1.82, 2.24) is 0 Å². The number of nitro groups is 1. The second kappa shape index (κ2) is 8.08. The normalized spacial score (nSPS) is 15.6. The maximum atomic E-state index is 13.3. The molecule has 30 heavy (non-hydrogen) atoms. The van der Waals surface area contributed by atoms with Gasteiger partial charge in [0.1, 0.15) is 11.9 Å². The maximum absolute atomic E-state index is 13.3. The average molecular weight is 401 g/mol. The lowest BCUT2D eigenvalue weighted by Gasteiger charge is -2.36. The van der Waals surface area contributed by atoms with E-state index in [1.54, 1.807) is 36.3 Å². The highest BCUT2D eigenvalue weighted by atomic mass is 16.6. The van der Waals surface area contributed by atoms with Gasteiger partial charge in [-0.15, -0.1) is 0 Å². The Morgan fingerprint density at radius 3 is 2.47 bits per heavy atom. The van der Waals surface area contributed by atoms with Crippen LogP contribution in [0.25, 0.3) is 6.08 Å². The minimum atomic E-state index is -0.473. The quantitative estimate of drug-likeness (QED) is 0.494. The summed E-state index contributed by atoms with van der Waals surface area (Å²) in [4.78, 5) is 25.4. The molecule has 0 fully saturated rings. The van der Waals surface area contributed by atoms with Gasteiger partial charge in [-0.2, -0.15) is 0 Å². The third-order valence-electron chi connectivity index (χ3n) is 4.88. The van der Waals surface area contributed by atoms with Crippen molar-refractivity contribution >= 4 is 29.0 Å². The number of rotatable bonds is 5. The van der Waals surface area contributed by atoms with Crippen LogP contribution in [-0.2, 0) is 0 Å². The predicted molar refractivity (Wildman–Crippen MR) is 116 cm³/mol. The zero-order valence-electron chi connectivity index (χ0n) is 16.2. The van der Waals surface area contributed by atoms with Gasteiger partial charge in [0.15, 0.2) is 0 Å². The maximum Gasteiger partial charge on any atom is 0.269 e. The fourth-order valence-corrected chi connectivity index (χ4v) is 3.41. The van der Waals surface area contributed by atoms with E-state index in [1.807, 2.05) is 48.6 Å². The van der Waals surface area contributed by atoms with E-state index in [-0.39, 0.29) is 11.6 Å². The molecule has 1 aliphatic heterocycles. The minimum Gasteiger partial charge on any atom is -0.495 e. The first kappa shape index (κ1) is 19.2. The van der Waals surface area contributed by atoms with Crippen molar-refractivity contribution in [3.63, 3.8) is 0 Å². The number of hydrogen-bond acceptors (Lipinski definition) is 5. The largest absolute Gasteiger partial charge is 0.495 e. The number of anilines is 2. The van der Waals surface area contributed by atoms with E-state index < -0.39 is 11.1 Å². The summed E-state index contributed by atoms with van der Waals surface area (Å²) in [7, 11) is 1.57. The van der Waals surface area contributed by atoms with Crippen LogP contribution in [0, 0.1) is 10.1 Å². The number of carbonyl (C=O) groups is 1. The van der Waals surface area contributed by atoms with Crippen molar-refractivity contribution in [2.45, 2.75) is 6.17 Å². The third-order valence-corrected chi connectivity index (χ3v) is 4.88. The molecule has 0 spiro atoms. The molecule has 1 aliphatic rings. The summed E-state index contributed by atoms with van der Waals surface area (Å²) in [6.07, 6.45) is 3.20. The molecule has 7 heteroatoms. The van der Waals surface area contributed by atoms with Crippen molar-refractivity contribution in [2.24, 2.45) is 0 Å². The lowest BCUT2D eigenvalue weighted by Crippen LogP contribution is -2.48. The smallest absolute Gasteiger partial charge is 0.269 e. The van der Waals surface area contributed by atoms with Gasteiger partial charge >= 0.3 is 0 Å². The number of para-hydroxylation sites is 3. The number of non-ortho nitro benzene ring substituents is 1. The number of amides is 1. The van der Waals surface area contributed by atoms with Gasteiger partial charge in [-0.1, -0.05) is 30.3 Å². The Hall–Kier alpha value is -4.13. The molecule has 1 amide bonds. The number of methoxy groups -OCH3 is 1. The van der Waals surface area contributed by atoms with Gasteiger partial charge in [0, 0.05) is 17.8 Å². The Balaban J connectivity index is 1.73. The number of benzene rings is 3. The molecule has 0 saturated heterocycles. The van der Waals surface area contributed by atoms with Gasteiger partial charge in [-0.05, 0) is 48.0 Å². The van der Waals surface area contributed by atoms with Crippen molar-refractivity contribution < 1.29 is 14.5 Å². The van der Waals surface area contributed by atoms with Gasteiger partial charge in [-0.3, -0.25) is 19.8 Å². The zero-order chi connectivity index (χ0) is 21.1. The van der Waals surface area contributed by atoms with Crippen LogP contribution in [0.15, 0.2) is 78.9 Å². The van der Waals surface area contributed by atoms with E-state index in [1.165, 1.54) is 12.1 Å². The molecule has 4 rings (SSSR count). The molecule has 3 aromatic rings. The summed E-state index contributed by atoms with van der Waals surface area (Å²) in [6.45, 7) is 0. The van der Waals surface area contributed by atoms with Gasteiger partial charge in [0.05, 0.1) is 23.3 Å². The van der Waals surface area contributed by atoms with E-state index in [2.05, 4.69) is 5.32 Å². The van der Waals surface area contributed by atoms with Crippen LogP contribution in [0.5, 0.6) is 5.75 Å². The molecule has 0 aliphatic carbocycles. The zero-order valence-corrected chi connectivity index (χ0v) is 16.2. The van der Waals surface area contributed by atoms with E-state index in [0.29, 0.717) is 17.0 Å². The lowest BCUT2D eigenvalue weighted by atomic mass is 10.1. The average Bonchev–Trinajstić information content (AvgIpc) is 2.78. The number of nitrogens with one attached hydrogen (secondary N) is 1. The van der Waals surface area contributed by atoms with Crippen molar-refractivity contribution in [3.8, 4) is 5.75 Å². The summed E-state index contributed by atoms with van der Waals surface area (Å²) < 4.78 is 5.47. The number of carbonyl (C=O) groups excluding carboxylic acids is 1. The highest BCUT2D eigenvalue weighted by Crippen LogP contribution is 2.35. The van der Waals surface area contributed by atoms with Crippen LogP contribution >= 0.6 is 0 Å². The van der Waals surface area contributed by atoms with E-state index >= 15 is 0 Å². The minimum absolute atomic E-state index is 0.0303. The number of fused-ring (bicyclic) bond motifs is 1. The molecular formula is C23H19N3O4. The first-order valence-corrected chi connectivity index (χ1v) is 9.33. The predicted octanol–water partition coefficient (Wildman–Crippen LogP) is 4.72. The number of hydrogen-bond donors (Lipinski definition) is 1. The summed E-state index contributed by atoms with van der Waals surface area (Å²) in [5.74, 6) is 0.438. The standard InChI is InChI=1S/C23H19N3O4/c1-30-21-9-5-4-8-20(21)25-22(24-19-7-3-2-6-18(19)23(25)27)15-12-16-10-13-17(14-11-16)26(28)29/h2-15,22,24H,1H3/b15-12+. The van der Waals surface area contributed by atoms with Crippen LogP contribution in [0.1, 0.15) is 15.9 Å². The monoisotopic (exact) mass is 401 g/mol. The molecule has 0 aromatic heterocycles. The Bertz CT molecular complexity index is 1130. The van der Waals surface area contributed by atoms with Gasteiger partial charge in [0.2, 0.25) is 0 Å². The van der Waals surface area contributed by atoms with E-state index in [4.69, 9.17) is 4.74 Å². The summed E-state index contributed by atoms with van der Waals surface area (Å²) in [6, 6.07) is 20.9. The van der Waals surface area contributed by atoms with Gasteiger partial charge in [-0.25, -0.2) is 0 Å². The highest BCUT2D eigenvalue weighted by molar-refractivity contribution is 6.13. The fourth-order valence-electron chi connectivity index (χ4n) is 3.41.